The number of aromatic amines is 1. The van der Waals surface area contributed by atoms with Crippen LogP contribution in [0.4, 0.5) is 0 Å². The molecule has 0 spiro atoms. The zero-order chi connectivity index (χ0) is 16.3. The molecule has 3 N–H and O–H groups in total. The molecular formula is C14H17IN4O3. The second-order valence-corrected chi connectivity index (χ2v) is 5.93. The van der Waals surface area contributed by atoms with Gasteiger partial charge in [-0.05, 0) is 55.5 Å². The van der Waals surface area contributed by atoms with E-state index in [1.807, 2.05) is 26.8 Å². The lowest BCUT2D eigenvalue weighted by atomic mass is 10.1. The van der Waals surface area contributed by atoms with Crippen LogP contribution in [-0.2, 0) is 0 Å². The highest BCUT2D eigenvalue weighted by molar-refractivity contribution is 14.1. The van der Waals surface area contributed by atoms with E-state index in [4.69, 9.17) is 15.2 Å². The van der Waals surface area contributed by atoms with Crippen LogP contribution in [0.1, 0.15) is 31.3 Å². The highest BCUT2D eigenvalue weighted by atomic mass is 127. The molecular weight excluding hydrogens is 399 g/mol. The number of nitrogens with zero attached hydrogens (tertiary/aromatic N) is 2. The Hall–Kier alpha value is -1.84. The van der Waals surface area contributed by atoms with E-state index in [1.54, 1.807) is 6.07 Å². The number of aromatic nitrogens is 3. The van der Waals surface area contributed by atoms with Gasteiger partial charge < -0.3 is 15.2 Å². The van der Waals surface area contributed by atoms with Gasteiger partial charge in [-0.1, -0.05) is 0 Å². The van der Waals surface area contributed by atoms with Crippen LogP contribution in [0.15, 0.2) is 12.1 Å². The van der Waals surface area contributed by atoms with E-state index in [1.165, 1.54) is 0 Å². The standard InChI is InChI=1S/C14H17IN4O3/c1-4-21-10-6-8(5-9(15)13(10)22-7(2)3)11-12(14(16)20)18-19-17-11/h5-7H,4H2,1-3H3,(H2,16,20)(H,17,18,19). The Balaban J connectivity index is 2.54. The van der Waals surface area contributed by atoms with Gasteiger partial charge in [-0.15, -0.1) is 0 Å². The summed E-state index contributed by atoms with van der Waals surface area (Å²) < 4.78 is 12.3. The van der Waals surface area contributed by atoms with E-state index in [0.29, 0.717) is 29.4 Å². The lowest BCUT2D eigenvalue weighted by molar-refractivity contribution is 0.0996. The number of nitrogens with one attached hydrogen (secondary N) is 1. The number of hydrogen-bond donors (Lipinski definition) is 2. The topological polar surface area (TPSA) is 103 Å². The number of nitrogens with two attached hydrogens (primary N) is 1. The first-order chi connectivity index (χ1) is 10.4. The Kier molecular flexibility index (Phi) is 5.22. The van der Waals surface area contributed by atoms with E-state index < -0.39 is 5.91 Å². The zero-order valence-electron chi connectivity index (χ0n) is 12.5. The molecule has 8 heteroatoms. The molecule has 0 aliphatic rings. The van der Waals surface area contributed by atoms with Crippen molar-refractivity contribution in [3.8, 4) is 22.8 Å². The van der Waals surface area contributed by atoms with Gasteiger partial charge in [0.1, 0.15) is 5.69 Å². The third-order valence-electron chi connectivity index (χ3n) is 2.72. The summed E-state index contributed by atoms with van der Waals surface area (Å²) in [6.45, 7) is 6.28. The van der Waals surface area contributed by atoms with Gasteiger partial charge in [0.15, 0.2) is 17.2 Å². The molecule has 0 atom stereocenters. The molecule has 22 heavy (non-hydrogen) atoms. The van der Waals surface area contributed by atoms with Gasteiger partial charge in [0.05, 0.1) is 16.3 Å². The van der Waals surface area contributed by atoms with Crippen molar-refractivity contribution < 1.29 is 14.3 Å². The largest absolute Gasteiger partial charge is 0.490 e. The summed E-state index contributed by atoms with van der Waals surface area (Å²) in [4.78, 5) is 11.4. The van der Waals surface area contributed by atoms with Gasteiger partial charge in [-0.2, -0.15) is 15.4 Å². The van der Waals surface area contributed by atoms with Crippen LogP contribution in [0.5, 0.6) is 11.5 Å². The summed E-state index contributed by atoms with van der Waals surface area (Å²) in [6, 6.07) is 3.62. The molecule has 7 nitrogen and oxygen atoms in total. The Morgan fingerprint density at radius 3 is 2.73 bits per heavy atom. The lowest BCUT2D eigenvalue weighted by Gasteiger charge is -2.17. The second kappa shape index (κ2) is 6.95. The summed E-state index contributed by atoms with van der Waals surface area (Å²) in [5.74, 6) is 0.626. The highest BCUT2D eigenvalue weighted by Gasteiger charge is 2.20. The molecule has 2 rings (SSSR count). The molecule has 118 valence electrons. The van der Waals surface area contributed by atoms with Crippen LogP contribution >= 0.6 is 22.6 Å². The molecule has 1 aromatic heterocycles. The van der Waals surface area contributed by atoms with E-state index >= 15 is 0 Å². The number of H-pyrrole nitrogens is 1. The SMILES string of the molecule is CCOc1cc(-c2n[nH]nc2C(N)=O)cc(I)c1OC(C)C. The number of primary amides is 1. The number of halogens is 1. The molecule has 0 fully saturated rings. The van der Waals surface area contributed by atoms with Crippen LogP contribution in [0.2, 0.25) is 0 Å². The number of carbonyl (C=O) groups is 1. The van der Waals surface area contributed by atoms with Crippen molar-refractivity contribution >= 4 is 28.5 Å². The minimum absolute atomic E-state index is 0.0202. The van der Waals surface area contributed by atoms with Crippen LogP contribution < -0.4 is 15.2 Å². The third-order valence-corrected chi connectivity index (χ3v) is 3.52. The first-order valence-corrected chi connectivity index (χ1v) is 7.85. The normalized spacial score (nSPS) is 10.8. The molecule has 1 aromatic carbocycles. The second-order valence-electron chi connectivity index (χ2n) is 4.77. The molecule has 2 aromatic rings. The smallest absolute Gasteiger partial charge is 0.271 e. The quantitative estimate of drug-likeness (QED) is 0.704. The van der Waals surface area contributed by atoms with Crippen molar-refractivity contribution in [1.82, 2.24) is 15.4 Å². The van der Waals surface area contributed by atoms with Crippen molar-refractivity contribution in [2.45, 2.75) is 26.9 Å². The molecule has 0 aliphatic carbocycles. The molecule has 1 amide bonds. The third kappa shape index (κ3) is 3.49. The van der Waals surface area contributed by atoms with Crippen LogP contribution in [0.3, 0.4) is 0 Å². The van der Waals surface area contributed by atoms with Crippen molar-refractivity contribution in [1.29, 1.82) is 0 Å². The van der Waals surface area contributed by atoms with E-state index in [0.717, 1.165) is 3.57 Å². The van der Waals surface area contributed by atoms with Crippen molar-refractivity contribution in [3.05, 3.63) is 21.4 Å². The van der Waals surface area contributed by atoms with Gasteiger partial charge in [0, 0.05) is 5.56 Å². The van der Waals surface area contributed by atoms with Gasteiger partial charge in [0.2, 0.25) is 0 Å². The predicted octanol–water partition coefficient (Wildman–Crippen LogP) is 2.36. The number of amides is 1. The average molecular weight is 416 g/mol. The maximum Gasteiger partial charge on any atom is 0.271 e. The van der Waals surface area contributed by atoms with E-state index in [-0.39, 0.29) is 11.8 Å². The Morgan fingerprint density at radius 1 is 1.41 bits per heavy atom. The number of benzene rings is 1. The molecule has 0 aliphatic heterocycles. The fourth-order valence-corrected chi connectivity index (χ4v) is 2.65. The van der Waals surface area contributed by atoms with E-state index in [9.17, 15) is 4.79 Å². The predicted molar refractivity (Wildman–Crippen MR) is 90.0 cm³/mol. The average Bonchev–Trinajstić information content (AvgIpc) is 2.91. The first kappa shape index (κ1) is 16.5. The summed E-state index contributed by atoms with van der Waals surface area (Å²) >= 11 is 2.16. The van der Waals surface area contributed by atoms with Crippen molar-refractivity contribution in [3.63, 3.8) is 0 Å². The number of carbonyl (C=O) groups excluding carboxylic acids is 1. The zero-order valence-corrected chi connectivity index (χ0v) is 14.7. The first-order valence-electron chi connectivity index (χ1n) is 6.78. The number of rotatable bonds is 6. The molecule has 0 saturated carbocycles. The molecule has 0 bridgehead atoms. The van der Waals surface area contributed by atoms with Crippen molar-refractivity contribution in [2.75, 3.05) is 6.61 Å². The maximum atomic E-state index is 11.4. The summed E-state index contributed by atoms with van der Waals surface area (Å²) in [5, 5.41) is 10.2. The monoisotopic (exact) mass is 416 g/mol. The maximum absolute atomic E-state index is 11.4. The van der Waals surface area contributed by atoms with Gasteiger partial charge in [-0.3, -0.25) is 4.79 Å². The fourth-order valence-electron chi connectivity index (χ4n) is 1.92. The van der Waals surface area contributed by atoms with Crippen LogP contribution in [0.25, 0.3) is 11.3 Å². The van der Waals surface area contributed by atoms with Gasteiger partial charge in [-0.25, -0.2) is 0 Å². The summed E-state index contributed by atoms with van der Waals surface area (Å²) in [7, 11) is 0. The molecule has 0 saturated heterocycles. The minimum atomic E-state index is -0.640. The lowest BCUT2D eigenvalue weighted by Crippen LogP contribution is -2.13. The number of ether oxygens (including phenoxy) is 2. The van der Waals surface area contributed by atoms with Gasteiger partial charge in [0.25, 0.3) is 5.91 Å². The fraction of sp³-hybridized carbons (Fsp3) is 0.357. The van der Waals surface area contributed by atoms with Crippen LogP contribution in [-0.4, -0.2) is 34.0 Å². The molecule has 0 radical (unpaired) electrons. The van der Waals surface area contributed by atoms with Crippen molar-refractivity contribution in [2.24, 2.45) is 5.73 Å². The van der Waals surface area contributed by atoms with E-state index in [2.05, 4.69) is 38.0 Å². The minimum Gasteiger partial charge on any atom is -0.490 e. The Morgan fingerprint density at radius 2 is 2.14 bits per heavy atom. The summed E-state index contributed by atoms with van der Waals surface area (Å²) in [5.41, 5.74) is 6.48. The Bertz CT molecular complexity index is 685. The van der Waals surface area contributed by atoms with Gasteiger partial charge >= 0.3 is 0 Å². The van der Waals surface area contributed by atoms with Crippen LogP contribution in [0, 0.1) is 3.57 Å². The number of hydrogen-bond acceptors (Lipinski definition) is 5. The summed E-state index contributed by atoms with van der Waals surface area (Å²) in [6.07, 6.45) is 0.0202. The Labute approximate surface area is 141 Å². The highest BCUT2D eigenvalue weighted by Crippen LogP contribution is 2.38. The molecule has 0 unspecified atom stereocenters. The molecule has 1 heterocycles.